The summed E-state index contributed by atoms with van der Waals surface area (Å²) >= 11 is 6.03. The topological polar surface area (TPSA) is 41.6 Å². The summed E-state index contributed by atoms with van der Waals surface area (Å²) in [6.07, 6.45) is 2.55. The van der Waals surface area contributed by atoms with Gasteiger partial charge in [-0.05, 0) is 60.7 Å². The third kappa shape index (κ3) is 4.70. The van der Waals surface area contributed by atoms with Crippen LogP contribution in [-0.2, 0) is 17.6 Å². The Morgan fingerprint density at radius 1 is 1.23 bits per heavy atom. The van der Waals surface area contributed by atoms with E-state index in [9.17, 15) is 4.79 Å². The molecule has 1 unspecified atom stereocenters. The Hall–Kier alpha value is -2.20. The summed E-state index contributed by atoms with van der Waals surface area (Å²) in [5, 5.41) is 3.71. The minimum absolute atomic E-state index is 0.0542. The van der Waals surface area contributed by atoms with Crippen LogP contribution in [0.1, 0.15) is 17.5 Å². The second kappa shape index (κ2) is 8.45. The van der Waals surface area contributed by atoms with Crippen molar-refractivity contribution in [3.05, 3.63) is 58.6 Å². The molecule has 1 heterocycles. The minimum Gasteiger partial charge on any atom is -0.492 e. The van der Waals surface area contributed by atoms with Crippen LogP contribution in [0.5, 0.6) is 5.75 Å². The molecule has 2 aromatic carbocycles. The monoisotopic (exact) mass is 372 g/mol. The van der Waals surface area contributed by atoms with E-state index in [-0.39, 0.29) is 11.8 Å². The van der Waals surface area contributed by atoms with Crippen molar-refractivity contribution >= 4 is 23.2 Å². The summed E-state index contributed by atoms with van der Waals surface area (Å²) in [5.41, 5.74) is 3.49. The number of benzene rings is 2. The smallest absolute Gasteiger partial charge is 0.226 e. The van der Waals surface area contributed by atoms with Crippen LogP contribution in [0.3, 0.4) is 0 Å². The molecule has 0 aliphatic carbocycles. The van der Waals surface area contributed by atoms with E-state index in [0.29, 0.717) is 24.6 Å². The number of carbonyl (C=O) groups excluding carboxylic acids is 1. The number of carbonyl (C=O) groups is 1. The predicted octanol–water partition coefficient (Wildman–Crippen LogP) is 3.71. The molecule has 1 amide bonds. The lowest BCUT2D eigenvalue weighted by molar-refractivity contribution is -0.126. The van der Waals surface area contributed by atoms with Gasteiger partial charge in [-0.25, -0.2) is 0 Å². The lowest BCUT2D eigenvalue weighted by Crippen LogP contribution is -2.37. The second-order valence-corrected chi connectivity index (χ2v) is 7.36. The van der Waals surface area contributed by atoms with Crippen LogP contribution in [0.4, 0.5) is 5.69 Å². The maximum Gasteiger partial charge on any atom is 0.226 e. The lowest BCUT2D eigenvalue weighted by atomic mass is 9.96. The number of amides is 1. The standard InChI is InChI=1S/C21H25ClN2O2/c1-24(2)19-8-5-15(6-9-19)4-3-11-23-21(25)17-12-16-13-18(22)7-10-20(16)26-14-17/h5-10,13,17H,3-4,11-12,14H2,1-2H3,(H,23,25). The number of hydrogen-bond acceptors (Lipinski definition) is 3. The van der Waals surface area contributed by atoms with Crippen LogP contribution < -0.4 is 15.0 Å². The van der Waals surface area contributed by atoms with Crippen molar-refractivity contribution in [1.29, 1.82) is 0 Å². The highest BCUT2D eigenvalue weighted by Gasteiger charge is 2.25. The van der Waals surface area contributed by atoms with Crippen LogP contribution in [0.15, 0.2) is 42.5 Å². The number of nitrogens with zero attached hydrogens (tertiary/aromatic N) is 1. The Balaban J connectivity index is 1.43. The molecule has 1 atom stereocenters. The van der Waals surface area contributed by atoms with Gasteiger partial charge < -0.3 is 15.0 Å². The van der Waals surface area contributed by atoms with Crippen molar-refractivity contribution in [2.75, 3.05) is 32.1 Å². The van der Waals surface area contributed by atoms with E-state index in [0.717, 1.165) is 24.2 Å². The molecule has 0 saturated heterocycles. The highest BCUT2D eigenvalue weighted by molar-refractivity contribution is 6.30. The third-order valence-corrected chi connectivity index (χ3v) is 4.93. The van der Waals surface area contributed by atoms with Crippen molar-refractivity contribution < 1.29 is 9.53 Å². The van der Waals surface area contributed by atoms with Crippen molar-refractivity contribution in [3.8, 4) is 5.75 Å². The largest absolute Gasteiger partial charge is 0.492 e. The average Bonchev–Trinajstić information content (AvgIpc) is 2.64. The fourth-order valence-corrected chi connectivity index (χ4v) is 3.34. The lowest BCUT2D eigenvalue weighted by Gasteiger charge is -2.24. The zero-order valence-electron chi connectivity index (χ0n) is 15.3. The predicted molar refractivity (Wildman–Crippen MR) is 106 cm³/mol. The first-order valence-corrected chi connectivity index (χ1v) is 9.36. The molecule has 3 rings (SSSR count). The summed E-state index contributed by atoms with van der Waals surface area (Å²) in [7, 11) is 4.07. The van der Waals surface area contributed by atoms with Crippen LogP contribution >= 0.6 is 11.6 Å². The van der Waals surface area contributed by atoms with Crippen LogP contribution in [0.25, 0.3) is 0 Å². The van der Waals surface area contributed by atoms with Crippen LogP contribution in [-0.4, -0.2) is 33.2 Å². The van der Waals surface area contributed by atoms with Crippen molar-refractivity contribution in [3.63, 3.8) is 0 Å². The maximum absolute atomic E-state index is 12.4. The van der Waals surface area contributed by atoms with Gasteiger partial charge in [0, 0.05) is 31.4 Å². The maximum atomic E-state index is 12.4. The van der Waals surface area contributed by atoms with E-state index >= 15 is 0 Å². The van der Waals surface area contributed by atoms with E-state index in [1.54, 1.807) is 0 Å². The number of anilines is 1. The zero-order chi connectivity index (χ0) is 18.5. The summed E-state index contributed by atoms with van der Waals surface area (Å²) in [5.74, 6) is 0.735. The number of hydrogen-bond donors (Lipinski definition) is 1. The Kier molecular flexibility index (Phi) is 6.04. The van der Waals surface area contributed by atoms with E-state index in [2.05, 4.69) is 34.5 Å². The second-order valence-electron chi connectivity index (χ2n) is 6.92. The molecule has 2 aromatic rings. The first-order chi connectivity index (χ1) is 12.5. The molecule has 1 aliphatic rings. The molecule has 0 aromatic heterocycles. The molecule has 0 saturated carbocycles. The number of aryl methyl sites for hydroxylation is 1. The third-order valence-electron chi connectivity index (χ3n) is 4.69. The Labute approximate surface area is 160 Å². The summed E-state index contributed by atoms with van der Waals surface area (Å²) < 4.78 is 5.69. The summed E-state index contributed by atoms with van der Waals surface area (Å²) in [6.45, 7) is 1.10. The fourth-order valence-electron chi connectivity index (χ4n) is 3.14. The molecule has 0 spiro atoms. The molecular weight excluding hydrogens is 348 g/mol. The van der Waals surface area contributed by atoms with Crippen molar-refractivity contribution in [1.82, 2.24) is 5.32 Å². The van der Waals surface area contributed by atoms with Gasteiger partial charge in [0.05, 0.1) is 5.92 Å². The van der Waals surface area contributed by atoms with E-state index < -0.39 is 0 Å². The first kappa shape index (κ1) is 18.6. The number of nitrogens with one attached hydrogen (secondary N) is 1. The minimum atomic E-state index is -0.152. The SMILES string of the molecule is CN(C)c1ccc(CCCNC(=O)C2COc3ccc(Cl)cc3C2)cc1. The molecule has 5 heteroatoms. The van der Waals surface area contributed by atoms with Gasteiger partial charge in [-0.2, -0.15) is 0 Å². The number of fused-ring (bicyclic) bond motifs is 1. The van der Waals surface area contributed by atoms with E-state index in [4.69, 9.17) is 16.3 Å². The molecule has 1 aliphatic heterocycles. The molecule has 0 radical (unpaired) electrons. The van der Waals surface area contributed by atoms with Gasteiger partial charge >= 0.3 is 0 Å². The van der Waals surface area contributed by atoms with E-state index in [1.807, 2.05) is 32.3 Å². The van der Waals surface area contributed by atoms with Gasteiger partial charge in [-0.3, -0.25) is 4.79 Å². The fraction of sp³-hybridized carbons (Fsp3) is 0.381. The van der Waals surface area contributed by atoms with Gasteiger partial charge in [0.2, 0.25) is 5.91 Å². The highest BCUT2D eigenvalue weighted by Crippen LogP contribution is 2.29. The van der Waals surface area contributed by atoms with Gasteiger partial charge in [0.25, 0.3) is 0 Å². The molecule has 1 N–H and O–H groups in total. The van der Waals surface area contributed by atoms with E-state index in [1.165, 1.54) is 11.3 Å². The van der Waals surface area contributed by atoms with Gasteiger partial charge in [0.15, 0.2) is 0 Å². The number of rotatable bonds is 6. The molecule has 26 heavy (non-hydrogen) atoms. The zero-order valence-corrected chi connectivity index (χ0v) is 16.1. The Bertz CT molecular complexity index is 759. The average molecular weight is 373 g/mol. The molecule has 0 bridgehead atoms. The summed E-state index contributed by atoms with van der Waals surface area (Å²) in [6, 6.07) is 14.1. The van der Waals surface area contributed by atoms with Crippen molar-refractivity contribution in [2.45, 2.75) is 19.3 Å². The Morgan fingerprint density at radius 2 is 2.00 bits per heavy atom. The van der Waals surface area contributed by atoms with Crippen molar-refractivity contribution in [2.24, 2.45) is 5.92 Å². The summed E-state index contributed by atoms with van der Waals surface area (Å²) in [4.78, 5) is 14.5. The van der Waals surface area contributed by atoms with Gasteiger partial charge in [0.1, 0.15) is 12.4 Å². The molecule has 0 fully saturated rings. The number of ether oxygens (including phenoxy) is 1. The molecule has 4 nitrogen and oxygen atoms in total. The molecular formula is C21H25ClN2O2. The normalized spacial score (nSPS) is 15.7. The highest BCUT2D eigenvalue weighted by atomic mass is 35.5. The van der Waals surface area contributed by atoms with Gasteiger partial charge in [-0.15, -0.1) is 0 Å². The van der Waals surface area contributed by atoms with Crippen LogP contribution in [0, 0.1) is 5.92 Å². The Morgan fingerprint density at radius 3 is 2.73 bits per heavy atom. The van der Waals surface area contributed by atoms with Crippen LogP contribution in [0.2, 0.25) is 5.02 Å². The number of halogens is 1. The first-order valence-electron chi connectivity index (χ1n) is 8.98. The quantitative estimate of drug-likeness (QED) is 0.786. The molecule has 138 valence electrons. The van der Waals surface area contributed by atoms with Gasteiger partial charge in [-0.1, -0.05) is 23.7 Å².